The van der Waals surface area contributed by atoms with Crippen molar-refractivity contribution in [3.63, 3.8) is 0 Å². The molecule has 0 saturated carbocycles. The fraction of sp³-hybridized carbons (Fsp3) is 0.389. The molecule has 1 aliphatic rings. The molecule has 2 aromatic heterocycles. The molecular weight excluding hydrogens is 334 g/mol. The van der Waals surface area contributed by atoms with Gasteiger partial charge < -0.3 is 14.0 Å². The number of ether oxygens (including phenoxy) is 2. The highest BCUT2D eigenvalue weighted by molar-refractivity contribution is 5.89. The van der Waals surface area contributed by atoms with E-state index in [1.807, 2.05) is 35.0 Å². The van der Waals surface area contributed by atoms with E-state index in [0.717, 1.165) is 36.1 Å². The number of amides is 1. The topological polar surface area (TPSA) is 94.1 Å². The lowest BCUT2D eigenvalue weighted by atomic mass is 10.2. The van der Waals surface area contributed by atoms with Crippen molar-refractivity contribution in [3.8, 4) is 5.75 Å². The first-order valence-corrected chi connectivity index (χ1v) is 8.70. The zero-order valence-electron chi connectivity index (χ0n) is 14.6. The molecule has 1 aromatic carbocycles. The van der Waals surface area contributed by atoms with Gasteiger partial charge in [0.15, 0.2) is 5.82 Å². The highest BCUT2D eigenvalue weighted by Gasteiger charge is 2.21. The summed E-state index contributed by atoms with van der Waals surface area (Å²) in [7, 11) is 1.65. The summed E-state index contributed by atoms with van der Waals surface area (Å²) >= 11 is 0. The predicted octanol–water partition coefficient (Wildman–Crippen LogP) is 2.65. The minimum absolute atomic E-state index is 0.0469. The minimum atomic E-state index is -0.132. The molecular formula is C18H21N5O3. The van der Waals surface area contributed by atoms with E-state index in [4.69, 9.17) is 9.47 Å². The number of methoxy groups -OCH3 is 1. The zero-order chi connectivity index (χ0) is 17.9. The van der Waals surface area contributed by atoms with Crippen LogP contribution in [-0.4, -0.2) is 39.4 Å². The van der Waals surface area contributed by atoms with Gasteiger partial charge in [-0.05, 0) is 31.0 Å². The number of hydrogen-bond donors (Lipinski definition) is 2. The summed E-state index contributed by atoms with van der Waals surface area (Å²) in [6.45, 7) is 1.30. The van der Waals surface area contributed by atoms with Gasteiger partial charge in [-0.3, -0.25) is 15.2 Å². The second-order valence-corrected chi connectivity index (χ2v) is 6.25. The van der Waals surface area contributed by atoms with E-state index in [0.29, 0.717) is 24.7 Å². The minimum Gasteiger partial charge on any atom is -0.496 e. The largest absolute Gasteiger partial charge is 0.496 e. The summed E-state index contributed by atoms with van der Waals surface area (Å²) in [6.07, 6.45) is 4.18. The van der Waals surface area contributed by atoms with Gasteiger partial charge in [-0.2, -0.15) is 4.98 Å². The Morgan fingerprint density at radius 1 is 1.46 bits per heavy atom. The maximum atomic E-state index is 12.2. The first-order valence-electron chi connectivity index (χ1n) is 8.70. The normalized spacial score (nSPS) is 16.9. The van der Waals surface area contributed by atoms with Crippen molar-refractivity contribution >= 4 is 22.8 Å². The number of aromatic nitrogens is 4. The number of rotatable bonds is 6. The zero-order valence-corrected chi connectivity index (χ0v) is 14.6. The lowest BCUT2D eigenvalue weighted by Gasteiger charge is -2.07. The van der Waals surface area contributed by atoms with E-state index in [-0.39, 0.29) is 12.0 Å². The number of carbonyl (C=O) groups excluding carboxylic acids is 1. The number of anilines is 1. The van der Waals surface area contributed by atoms with Crippen LogP contribution < -0.4 is 10.1 Å². The molecule has 0 unspecified atom stereocenters. The average Bonchev–Trinajstić information content (AvgIpc) is 3.39. The van der Waals surface area contributed by atoms with Crippen LogP contribution in [0.2, 0.25) is 0 Å². The summed E-state index contributed by atoms with van der Waals surface area (Å²) in [5, 5.41) is 10.7. The number of nitrogens with one attached hydrogen (secondary N) is 2. The Morgan fingerprint density at radius 3 is 3.19 bits per heavy atom. The van der Waals surface area contributed by atoms with Gasteiger partial charge in [0, 0.05) is 31.2 Å². The molecule has 2 N–H and O–H groups in total. The molecule has 0 bridgehead atoms. The van der Waals surface area contributed by atoms with Crippen LogP contribution >= 0.6 is 0 Å². The number of fused-ring (bicyclic) bond motifs is 1. The summed E-state index contributed by atoms with van der Waals surface area (Å²) < 4.78 is 13.0. The van der Waals surface area contributed by atoms with Gasteiger partial charge in [0.1, 0.15) is 11.9 Å². The van der Waals surface area contributed by atoms with Crippen molar-refractivity contribution in [1.29, 1.82) is 0 Å². The Kier molecular flexibility index (Phi) is 4.57. The highest BCUT2D eigenvalue weighted by atomic mass is 16.5. The van der Waals surface area contributed by atoms with Crippen LogP contribution in [-0.2, 0) is 16.1 Å². The Labute approximate surface area is 150 Å². The molecule has 1 fully saturated rings. The highest BCUT2D eigenvalue weighted by Crippen LogP contribution is 2.27. The van der Waals surface area contributed by atoms with E-state index in [2.05, 4.69) is 20.5 Å². The third-order valence-corrected chi connectivity index (χ3v) is 4.56. The van der Waals surface area contributed by atoms with Crippen molar-refractivity contribution in [3.05, 3.63) is 36.3 Å². The van der Waals surface area contributed by atoms with Crippen molar-refractivity contribution in [2.24, 2.45) is 0 Å². The number of nitrogens with zero attached hydrogens (tertiary/aromatic N) is 3. The van der Waals surface area contributed by atoms with Crippen LogP contribution in [0.5, 0.6) is 5.75 Å². The Bertz CT molecular complexity index is 911. The summed E-state index contributed by atoms with van der Waals surface area (Å²) in [6, 6.07) is 7.88. The van der Waals surface area contributed by atoms with Crippen LogP contribution in [0.15, 0.2) is 30.5 Å². The van der Waals surface area contributed by atoms with Gasteiger partial charge in [0.05, 0.1) is 12.6 Å². The molecule has 1 aliphatic heterocycles. The van der Waals surface area contributed by atoms with Gasteiger partial charge in [-0.1, -0.05) is 6.07 Å². The van der Waals surface area contributed by atoms with Crippen molar-refractivity contribution in [2.45, 2.75) is 31.9 Å². The molecule has 1 atom stereocenters. The van der Waals surface area contributed by atoms with E-state index in [1.54, 1.807) is 7.11 Å². The fourth-order valence-electron chi connectivity index (χ4n) is 3.24. The maximum absolute atomic E-state index is 12.2. The molecule has 4 rings (SSSR count). The van der Waals surface area contributed by atoms with Gasteiger partial charge >= 0.3 is 0 Å². The first kappa shape index (κ1) is 16.6. The monoisotopic (exact) mass is 355 g/mol. The number of aromatic amines is 1. The molecule has 1 saturated heterocycles. The molecule has 1 amide bonds. The maximum Gasteiger partial charge on any atom is 0.248 e. The Balaban J connectivity index is 1.37. The Morgan fingerprint density at radius 2 is 2.38 bits per heavy atom. The number of aryl methyl sites for hydroxylation is 1. The SMILES string of the molecule is COc1cccc2c1ccn2CCC(=O)Nc1n[nH]c([C@@H]2CCCO2)n1. The quantitative estimate of drug-likeness (QED) is 0.709. The van der Waals surface area contributed by atoms with Crippen LogP contribution in [0, 0.1) is 0 Å². The number of carbonyl (C=O) groups is 1. The number of hydrogen-bond acceptors (Lipinski definition) is 5. The molecule has 8 nitrogen and oxygen atoms in total. The van der Waals surface area contributed by atoms with Crippen molar-refractivity contribution < 1.29 is 14.3 Å². The van der Waals surface area contributed by atoms with Gasteiger partial charge in [-0.15, -0.1) is 5.10 Å². The number of benzene rings is 1. The second kappa shape index (κ2) is 7.17. The molecule has 136 valence electrons. The molecule has 3 heterocycles. The molecule has 0 spiro atoms. The lowest BCUT2D eigenvalue weighted by molar-refractivity contribution is -0.116. The van der Waals surface area contributed by atoms with Crippen LogP contribution in [0.3, 0.4) is 0 Å². The molecule has 26 heavy (non-hydrogen) atoms. The van der Waals surface area contributed by atoms with Crippen LogP contribution in [0.1, 0.15) is 31.2 Å². The van der Waals surface area contributed by atoms with Gasteiger partial charge in [0.2, 0.25) is 11.9 Å². The summed E-state index contributed by atoms with van der Waals surface area (Å²) in [5.41, 5.74) is 1.04. The third-order valence-electron chi connectivity index (χ3n) is 4.56. The van der Waals surface area contributed by atoms with E-state index in [9.17, 15) is 4.79 Å². The van der Waals surface area contributed by atoms with Gasteiger partial charge in [-0.25, -0.2) is 0 Å². The third kappa shape index (κ3) is 3.28. The van der Waals surface area contributed by atoms with Crippen molar-refractivity contribution in [2.75, 3.05) is 19.0 Å². The molecule has 0 aliphatic carbocycles. The van der Waals surface area contributed by atoms with Crippen molar-refractivity contribution in [1.82, 2.24) is 19.7 Å². The van der Waals surface area contributed by atoms with Gasteiger partial charge in [0.25, 0.3) is 0 Å². The van der Waals surface area contributed by atoms with Crippen LogP contribution in [0.4, 0.5) is 5.95 Å². The van der Waals surface area contributed by atoms with E-state index >= 15 is 0 Å². The fourth-order valence-corrected chi connectivity index (χ4v) is 3.24. The second-order valence-electron chi connectivity index (χ2n) is 6.25. The van der Waals surface area contributed by atoms with E-state index < -0.39 is 0 Å². The average molecular weight is 355 g/mol. The lowest BCUT2D eigenvalue weighted by Crippen LogP contribution is -2.15. The Hall–Kier alpha value is -2.87. The first-order chi connectivity index (χ1) is 12.7. The van der Waals surface area contributed by atoms with E-state index in [1.165, 1.54) is 0 Å². The summed E-state index contributed by atoms with van der Waals surface area (Å²) in [4.78, 5) is 16.5. The smallest absolute Gasteiger partial charge is 0.248 e. The molecule has 3 aromatic rings. The summed E-state index contributed by atoms with van der Waals surface area (Å²) in [5.74, 6) is 1.65. The van der Waals surface area contributed by atoms with Crippen LogP contribution in [0.25, 0.3) is 10.9 Å². The standard InChI is InChI=1S/C18H21N5O3/c1-25-14-5-2-4-13-12(14)7-9-23(13)10-8-16(24)19-18-20-17(21-22-18)15-6-3-11-26-15/h2,4-5,7,9,15H,3,6,8,10-11H2,1H3,(H2,19,20,21,22,24)/t15-/m0/s1. The molecule has 8 heteroatoms. The predicted molar refractivity (Wildman–Crippen MR) is 96.0 cm³/mol. The molecule has 0 radical (unpaired) electrons. The number of H-pyrrole nitrogens is 1.